The quantitative estimate of drug-likeness (QED) is 0.624. The Morgan fingerprint density at radius 1 is 1.22 bits per heavy atom. The number of esters is 1. The van der Waals surface area contributed by atoms with E-state index in [-0.39, 0.29) is 36.2 Å². The molecule has 0 fully saturated rings. The zero-order chi connectivity index (χ0) is 20.0. The Bertz CT molecular complexity index is 898. The number of benzene rings is 1. The van der Waals surface area contributed by atoms with E-state index in [9.17, 15) is 10.1 Å². The van der Waals surface area contributed by atoms with Gasteiger partial charge in [-0.15, -0.1) is 0 Å². The first-order chi connectivity index (χ1) is 12.9. The van der Waals surface area contributed by atoms with E-state index in [1.807, 2.05) is 6.07 Å². The predicted molar refractivity (Wildman–Crippen MR) is 102 cm³/mol. The third-order valence-corrected chi connectivity index (χ3v) is 3.88. The third kappa shape index (κ3) is 4.77. The van der Waals surface area contributed by atoms with Crippen molar-refractivity contribution in [3.8, 4) is 28.8 Å². The van der Waals surface area contributed by atoms with Crippen molar-refractivity contribution in [3.05, 3.63) is 22.2 Å². The van der Waals surface area contributed by atoms with E-state index in [1.165, 1.54) is 0 Å². The minimum atomic E-state index is -0.501. The number of nitriles is 1. The largest absolute Gasteiger partial charge is 0.490 e. The second-order valence-corrected chi connectivity index (χ2v) is 5.97. The maximum atomic E-state index is 11.6. The zero-order valence-corrected chi connectivity index (χ0v) is 16.4. The van der Waals surface area contributed by atoms with Gasteiger partial charge in [-0.05, 0) is 41.9 Å². The summed E-state index contributed by atoms with van der Waals surface area (Å²) in [6.07, 6.45) is 0. The van der Waals surface area contributed by atoms with Crippen molar-refractivity contribution < 1.29 is 19.0 Å². The van der Waals surface area contributed by atoms with Crippen LogP contribution in [0, 0.1) is 11.3 Å². The fourth-order valence-electron chi connectivity index (χ4n) is 2.26. The molecule has 9 nitrogen and oxygen atoms in total. The maximum absolute atomic E-state index is 11.6. The molecule has 0 spiro atoms. The van der Waals surface area contributed by atoms with Gasteiger partial charge in [-0.2, -0.15) is 10.2 Å². The summed E-state index contributed by atoms with van der Waals surface area (Å²) in [5.74, 6) is 0.0990. The molecule has 27 heavy (non-hydrogen) atoms. The number of carbonyl (C=O) groups is 1. The summed E-state index contributed by atoms with van der Waals surface area (Å²) in [6, 6.07) is 5.25. The Balaban J connectivity index is 2.50. The summed E-state index contributed by atoms with van der Waals surface area (Å²) in [7, 11) is 0. The molecule has 1 heterocycles. The molecule has 0 amide bonds. The molecule has 4 N–H and O–H groups in total. The number of nitrogens with zero attached hydrogens (tertiary/aromatic N) is 3. The lowest BCUT2D eigenvalue weighted by molar-refractivity contribution is -0.145. The molecular formula is C17H18BrN5O4. The molecule has 0 bridgehead atoms. The Morgan fingerprint density at radius 2 is 1.96 bits per heavy atom. The van der Waals surface area contributed by atoms with Gasteiger partial charge in [0.2, 0.25) is 5.95 Å². The van der Waals surface area contributed by atoms with Crippen LogP contribution in [0.15, 0.2) is 16.6 Å². The minimum absolute atomic E-state index is 0.0169. The highest BCUT2D eigenvalue weighted by molar-refractivity contribution is 9.10. The molecule has 0 aliphatic heterocycles. The number of hydrogen-bond donors (Lipinski definition) is 2. The number of hydrogen-bond acceptors (Lipinski definition) is 9. The molecule has 1 aromatic carbocycles. The van der Waals surface area contributed by atoms with E-state index in [4.69, 9.17) is 25.7 Å². The van der Waals surface area contributed by atoms with E-state index in [1.54, 1.807) is 26.0 Å². The second-order valence-electron chi connectivity index (χ2n) is 5.11. The standard InChI is InChI=1S/C17H18BrN5O4/c1-3-25-12-6-9(14-10(7-19)16(20)23-17(21)22-14)5-11(18)15(12)27-8-13(24)26-4-2/h5-6H,3-4,8H2,1-2H3,(H4,20,21,22,23). The van der Waals surface area contributed by atoms with Crippen LogP contribution in [-0.2, 0) is 9.53 Å². The topological polar surface area (TPSA) is 146 Å². The predicted octanol–water partition coefficient (Wildman–Crippen LogP) is 2.28. The number of carbonyl (C=O) groups excluding carboxylic acids is 1. The molecule has 0 aliphatic rings. The molecule has 0 saturated heterocycles. The molecule has 0 radical (unpaired) electrons. The highest BCUT2D eigenvalue weighted by Crippen LogP contribution is 2.40. The molecule has 0 aliphatic carbocycles. The van der Waals surface area contributed by atoms with Crippen LogP contribution in [0.25, 0.3) is 11.3 Å². The lowest BCUT2D eigenvalue weighted by atomic mass is 10.1. The van der Waals surface area contributed by atoms with Crippen molar-refractivity contribution in [2.24, 2.45) is 0 Å². The molecule has 10 heteroatoms. The fourth-order valence-corrected chi connectivity index (χ4v) is 2.81. The van der Waals surface area contributed by atoms with Crippen LogP contribution < -0.4 is 20.9 Å². The van der Waals surface area contributed by atoms with Crippen molar-refractivity contribution in [1.82, 2.24) is 9.97 Å². The van der Waals surface area contributed by atoms with Crippen LogP contribution in [0.4, 0.5) is 11.8 Å². The summed E-state index contributed by atoms with van der Waals surface area (Å²) in [5.41, 5.74) is 12.3. The number of ether oxygens (including phenoxy) is 3. The molecular weight excluding hydrogens is 418 g/mol. The number of aromatic nitrogens is 2. The van der Waals surface area contributed by atoms with Crippen LogP contribution in [0.5, 0.6) is 11.5 Å². The number of anilines is 2. The van der Waals surface area contributed by atoms with Crippen LogP contribution in [0.2, 0.25) is 0 Å². The number of halogens is 1. The first-order valence-corrected chi connectivity index (χ1v) is 8.78. The van der Waals surface area contributed by atoms with E-state index in [0.717, 1.165) is 0 Å². The van der Waals surface area contributed by atoms with Gasteiger partial charge in [-0.3, -0.25) is 0 Å². The summed E-state index contributed by atoms with van der Waals surface area (Å²) in [4.78, 5) is 19.5. The van der Waals surface area contributed by atoms with Gasteiger partial charge >= 0.3 is 5.97 Å². The van der Waals surface area contributed by atoms with Crippen LogP contribution in [0.3, 0.4) is 0 Å². The molecule has 0 unspecified atom stereocenters. The first kappa shape index (κ1) is 20.3. The summed E-state index contributed by atoms with van der Waals surface area (Å²) in [6.45, 7) is 3.85. The first-order valence-electron chi connectivity index (χ1n) is 7.99. The second kappa shape index (κ2) is 9.05. The summed E-state index contributed by atoms with van der Waals surface area (Å²) >= 11 is 3.39. The van der Waals surface area contributed by atoms with Crippen molar-refractivity contribution in [3.63, 3.8) is 0 Å². The highest BCUT2D eigenvalue weighted by atomic mass is 79.9. The SMILES string of the molecule is CCOC(=O)COc1c(Br)cc(-c2nc(N)nc(N)c2C#N)cc1OCC. The number of rotatable bonds is 7. The Kier molecular flexibility index (Phi) is 6.79. The van der Waals surface area contributed by atoms with Crippen molar-refractivity contribution in [1.29, 1.82) is 5.26 Å². The molecule has 142 valence electrons. The fraction of sp³-hybridized carbons (Fsp3) is 0.294. The van der Waals surface area contributed by atoms with Gasteiger partial charge < -0.3 is 25.7 Å². The van der Waals surface area contributed by atoms with Crippen LogP contribution in [-0.4, -0.2) is 35.8 Å². The van der Waals surface area contributed by atoms with Crippen molar-refractivity contribution in [2.45, 2.75) is 13.8 Å². The number of nitrogens with two attached hydrogens (primary N) is 2. The smallest absolute Gasteiger partial charge is 0.344 e. The average molecular weight is 436 g/mol. The zero-order valence-electron chi connectivity index (χ0n) is 14.8. The maximum Gasteiger partial charge on any atom is 0.344 e. The molecule has 2 rings (SSSR count). The monoisotopic (exact) mass is 435 g/mol. The van der Waals surface area contributed by atoms with Gasteiger partial charge in [0, 0.05) is 5.56 Å². The van der Waals surface area contributed by atoms with Crippen LogP contribution in [0.1, 0.15) is 19.4 Å². The van der Waals surface area contributed by atoms with Gasteiger partial charge in [0.1, 0.15) is 17.5 Å². The van der Waals surface area contributed by atoms with Gasteiger partial charge in [0.25, 0.3) is 0 Å². The van der Waals surface area contributed by atoms with E-state index in [0.29, 0.717) is 28.1 Å². The Hall–Kier alpha value is -3.06. The molecule has 0 atom stereocenters. The van der Waals surface area contributed by atoms with Crippen LogP contribution >= 0.6 is 15.9 Å². The van der Waals surface area contributed by atoms with Crippen molar-refractivity contribution >= 4 is 33.7 Å². The summed E-state index contributed by atoms with van der Waals surface area (Å²) in [5, 5.41) is 9.37. The lowest BCUT2D eigenvalue weighted by Gasteiger charge is -2.15. The Labute approximate surface area is 164 Å². The molecule has 2 aromatic rings. The average Bonchev–Trinajstić information content (AvgIpc) is 2.60. The van der Waals surface area contributed by atoms with Gasteiger partial charge in [-0.25, -0.2) is 9.78 Å². The van der Waals surface area contributed by atoms with Gasteiger partial charge in [0.15, 0.2) is 18.1 Å². The molecule has 1 aromatic heterocycles. The van der Waals surface area contributed by atoms with E-state index >= 15 is 0 Å². The normalized spacial score (nSPS) is 10.1. The highest BCUT2D eigenvalue weighted by Gasteiger charge is 2.19. The minimum Gasteiger partial charge on any atom is -0.490 e. The Morgan fingerprint density at radius 3 is 2.59 bits per heavy atom. The molecule has 0 saturated carbocycles. The van der Waals surface area contributed by atoms with Gasteiger partial charge in [-0.1, -0.05) is 0 Å². The third-order valence-electron chi connectivity index (χ3n) is 3.29. The van der Waals surface area contributed by atoms with Gasteiger partial charge in [0.05, 0.1) is 23.4 Å². The van der Waals surface area contributed by atoms with E-state index in [2.05, 4.69) is 25.9 Å². The lowest BCUT2D eigenvalue weighted by Crippen LogP contribution is -2.15. The van der Waals surface area contributed by atoms with Crippen molar-refractivity contribution in [2.75, 3.05) is 31.3 Å². The summed E-state index contributed by atoms with van der Waals surface area (Å²) < 4.78 is 16.5. The number of nitrogen functional groups attached to an aromatic ring is 2. The van der Waals surface area contributed by atoms with E-state index < -0.39 is 5.97 Å².